The zero-order valence-electron chi connectivity index (χ0n) is 16.3. The number of carbonyl (C=O) groups excluding carboxylic acids is 1. The number of nitrogens with one attached hydrogen (secondary N) is 1. The lowest BCUT2D eigenvalue weighted by molar-refractivity contribution is -0.127. The Morgan fingerprint density at radius 2 is 2.00 bits per heavy atom. The van der Waals surface area contributed by atoms with Crippen LogP contribution in [0.2, 0.25) is 5.02 Å². The third-order valence-electron chi connectivity index (χ3n) is 4.69. The molecule has 0 saturated carbocycles. The molecule has 0 bridgehead atoms. The summed E-state index contributed by atoms with van der Waals surface area (Å²) in [6.07, 6.45) is 0.570. The van der Waals surface area contributed by atoms with Crippen LogP contribution in [0.3, 0.4) is 0 Å². The smallest absolute Gasteiger partial charge is 0.261 e. The number of anilines is 2. The first-order valence-electron chi connectivity index (χ1n) is 9.23. The molecule has 0 fully saturated rings. The van der Waals surface area contributed by atoms with Crippen molar-refractivity contribution in [3.63, 3.8) is 0 Å². The van der Waals surface area contributed by atoms with Gasteiger partial charge in [-0.1, -0.05) is 29.8 Å². The molecule has 0 spiro atoms. The number of ether oxygens (including phenoxy) is 1. The molecular formula is C20H24ClN3O4S. The highest BCUT2D eigenvalue weighted by atomic mass is 35.5. The maximum absolute atomic E-state index is 12.7. The molecule has 1 aliphatic rings. The van der Waals surface area contributed by atoms with E-state index < -0.39 is 16.1 Å². The lowest BCUT2D eigenvalue weighted by Gasteiger charge is -2.21. The van der Waals surface area contributed by atoms with E-state index in [9.17, 15) is 13.2 Å². The van der Waals surface area contributed by atoms with Crippen molar-refractivity contribution in [3.05, 3.63) is 53.6 Å². The first-order chi connectivity index (χ1) is 13.8. The van der Waals surface area contributed by atoms with E-state index in [1.54, 1.807) is 12.1 Å². The van der Waals surface area contributed by atoms with Gasteiger partial charge in [-0.3, -0.25) is 9.10 Å². The van der Waals surface area contributed by atoms with Crippen LogP contribution in [0.1, 0.15) is 6.42 Å². The number of para-hydroxylation sites is 1. The molecule has 156 valence electrons. The molecule has 2 aromatic carbocycles. The number of halogens is 1. The number of benzene rings is 2. The van der Waals surface area contributed by atoms with Crippen molar-refractivity contribution < 1.29 is 17.9 Å². The summed E-state index contributed by atoms with van der Waals surface area (Å²) in [7, 11) is -1.58. The Morgan fingerprint density at radius 1 is 1.28 bits per heavy atom. The fraction of sp³-hybridized carbons (Fsp3) is 0.350. The first kappa shape index (κ1) is 21.3. The molecule has 0 aliphatic carbocycles. The summed E-state index contributed by atoms with van der Waals surface area (Å²) in [6, 6.07) is 14.6. The molecule has 1 heterocycles. The van der Waals surface area contributed by atoms with Crippen LogP contribution < -0.4 is 19.3 Å². The number of hydrogen-bond acceptors (Lipinski definition) is 5. The predicted molar refractivity (Wildman–Crippen MR) is 115 cm³/mol. The molecule has 1 amide bonds. The molecule has 7 nitrogen and oxygen atoms in total. The highest BCUT2D eigenvalue weighted by Gasteiger charge is 2.31. The fourth-order valence-corrected chi connectivity index (χ4v) is 4.26. The highest BCUT2D eigenvalue weighted by molar-refractivity contribution is 7.92. The number of sulfonamides is 1. The van der Waals surface area contributed by atoms with Gasteiger partial charge in [-0.2, -0.15) is 0 Å². The van der Waals surface area contributed by atoms with E-state index in [1.165, 1.54) is 10.4 Å². The Morgan fingerprint density at radius 3 is 2.69 bits per heavy atom. The van der Waals surface area contributed by atoms with Crippen LogP contribution in [-0.4, -0.2) is 53.4 Å². The van der Waals surface area contributed by atoms with Crippen LogP contribution in [0.5, 0.6) is 5.75 Å². The maximum Gasteiger partial charge on any atom is 0.261 e. The van der Waals surface area contributed by atoms with Crippen LogP contribution in [0, 0.1) is 0 Å². The van der Waals surface area contributed by atoms with Gasteiger partial charge in [-0.05, 0) is 30.3 Å². The molecule has 0 unspecified atom stereocenters. The molecule has 0 saturated heterocycles. The van der Waals surface area contributed by atoms with Gasteiger partial charge in [0.2, 0.25) is 10.0 Å². The Hall–Kier alpha value is -2.45. The fourth-order valence-electron chi connectivity index (χ4n) is 3.15. The summed E-state index contributed by atoms with van der Waals surface area (Å²) in [5.74, 6) is 0.0431. The van der Waals surface area contributed by atoms with Gasteiger partial charge in [0.05, 0.1) is 11.9 Å². The van der Waals surface area contributed by atoms with Gasteiger partial charge in [0.25, 0.3) is 5.91 Å². The molecule has 1 atom stereocenters. The lowest BCUT2D eigenvalue weighted by atomic mass is 10.2. The number of carbonyl (C=O) groups is 1. The molecule has 29 heavy (non-hydrogen) atoms. The van der Waals surface area contributed by atoms with E-state index in [2.05, 4.69) is 5.32 Å². The second kappa shape index (κ2) is 8.92. The predicted octanol–water partition coefficient (Wildman–Crippen LogP) is 2.51. The number of amides is 1. The number of fused-ring (bicyclic) bond motifs is 1. The van der Waals surface area contributed by atoms with E-state index in [0.29, 0.717) is 29.5 Å². The minimum Gasteiger partial charge on any atom is -0.478 e. The summed E-state index contributed by atoms with van der Waals surface area (Å²) in [4.78, 5) is 14.7. The van der Waals surface area contributed by atoms with Crippen molar-refractivity contribution in [1.82, 2.24) is 5.32 Å². The molecule has 9 heteroatoms. The number of rotatable bonds is 6. The topological polar surface area (TPSA) is 79.0 Å². The highest BCUT2D eigenvalue weighted by Crippen LogP contribution is 2.36. The van der Waals surface area contributed by atoms with E-state index in [-0.39, 0.29) is 18.9 Å². The summed E-state index contributed by atoms with van der Waals surface area (Å²) >= 11 is 6.03. The van der Waals surface area contributed by atoms with Gasteiger partial charge in [-0.15, -0.1) is 0 Å². The SMILES string of the molecule is CN(CCNC(=O)[C@@H]1CCN(S(C)(=O)=O)c2cc(Cl)ccc2O1)c1ccccc1. The number of likely N-dealkylation sites (N-methyl/N-ethyl adjacent to an activating group) is 1. The van der Waals surface area contributed by atoms with Crippen molar-refractivity contribution in [3.8, 4) is 5.75 Å². The Bertz CT molecular complexity index is 969. The van der Waals surface area contributed by atoms with Crippen LogP contribution in [0.15, 0.2) is 48.5 Å². The maximum atomic E-state index is 12.7. The van der Waals surface area contributed by atoms with E-state index in [4.69, 9.17) is 16.3 Å². The second-order valence-corrected chi connectivity index (χ2v) is 9.23. The molecule has 0 radical (unpaired) electrons. The van der Waals surface area contributed by atoms with Gasteiger partial charge in [0.15, 0.2) is 6.10 Å². The lowest BCUT2D eigenvalue weighted by Crippen LogP contribution is -2.42. The summed E-state index contributed by atoms with van der Waals surface area (Å²) in [5.41, 5.74) is 1.40. The monoisotopic (exact) mass is 437 g/mol. The van der Waals surface area contributed by atoms with Crippen LogP contribution in [0.4, 0.5) is 11.4 Å². The number of nitrogens with zero attached hydrogens (tertiary/aromatic N) is 2. The molecule has 1 aliphatic heterocycles. The molecule has 1 N–H and O–H groups in total. The summed E-state index contributed by atoms with van der Waals surface area (Å²) < 4.78 is 31.5. The Balaban J connectivity index is 1.65. The van der Waals surface area contributed by atoms with E-state index >= 15 is 0 Å². The molecule has 0 aromatic heterocycles. The summed E-state index contributed by atoms with van der Waals surface area (Å²) in [5, 5.41) is 3.27. The third-order valence-corrected chi connectivity index (χ3v) is 6.10. The zero-order chi connectivity index (χ0) is 21.0. The first-order valence-corrected chi connectivity index (χ1v) is 11.5. The normalized spacial score (nSPS) is 16.4. The van der Waals surface area contributed by atoms with Crippen LogP contribution >= 0.6 is 11.6 Å². The molecular weight excluding hydrogens is 414 g/mol. The average Bonchev–Trinajstić information content (AvgIpc) is 2.87. The number of hydrogen-bond donors (Lipinski definition) is 1. The second-order valence-electron chi connectivity index (χ2n) is 6.89. The Labute approximate surface area is 176 Å². The average molecular weight is 438 g/mol. The van der Waals surface area contributed by atoms with Crippen LogP contribution in [-0.2, 0) is 14.8 Å². The largest absolute Gasteiger partial charge is 0.478 e. The Kier molecular flexibility index (Phi) is 6.54. The van der Waals surface area contributed by atoms with E-state index in [0.717, 1.165) is 11.9 Å². The van der Waals surface area contributed by atoms with E-state index in [1.807, 2.05) is 42.3 Å². The van der Waals surface area contributed by atoms with Crippen molar-refractivity contribution >= 4 is 38.9 Å². The minimum atomic E-state index is -3.53. The van der Waals surface area contributed by atoms with Gasteiger partial charge >= 0.3 is 0 Å². The quantitative estimate of drug-likeness (QED) is 0.751. The van der Waals surface area contributed by atoms with Crippen molar-refractivity contribution in [1.29, 1.82) is 0 Å². The molecule has 3 rings (SSSR count). The van der Waals surface area contributed by atoms with Crippen LogP contribution in [0.25, 0.3) is 0 Å². The molecule has 2 aromatic rings. The summed E-state index contributed by atoms with van der Waals surface area (Å²) in [6.45, 7) is 1.20. The zero-order valence-corrected chi connectivity index (χ0v) is 17.9. The van der Waals surface area contributed by atoms with Crippen molar-refractivity contribution in [2.75, 3.05) is 42.1 Å². The van der Waals surface area contributed by atoms with Crippen molar-refractivity contribution in [2.24, 2.45) is 0 Å². The minimum absolute atomic E-state index is 0.133. The van der Waals surface area contributed by atoms with Gasteiger partial charge in [0, 0.05) is 43.8 Å². The third kappa shape index (κ3) is 5.33. The van der Waals surface area contributed by atoms with Gasteiger partial charge in [0.1, 0.15) is 5.75 Å². The van der Waals surface area contributed by atoms with Gasteiger partial charge in [-0.25, -0.2) is 8.42 Å². The van der Waals surface area contributed by atoms with Gasteiger partial charge < -0.3 is 15.0 Å². The standard InChI is InChI=1S/C20H24ClN3O4S/c1-23(16-6-4-3-5-7-16)13-11-22-20(25)19-10-12-24(29(2,26)27)17-14-15(21)8-9-18(17)28-19/h3-9,14,19H,10-13H2,1-2H3,(H,22,25)/t19-/m0/s1. The van der Waals surface area contributed by atoms with Crippen molar-refractivity contribution in [2.45, 2.75) is 12.5 Å².